The first-order valence-electron chi connectivity index (χ1n) is 9.64. The second-order valence-corrected chi connectivity index (χ2v) is 8.70. The number of nitrogens with one attached hydrogen (secondary N) is 1. The van der Waals surface area contributed by atoms with Crippen LogP contribution in [0, 0.1) is 0 Å². The van der Waals surface area contributed by atoms with Crippen molar-refractivity contribution < 1.29 is 9.18 Å². The van der Waals surface area contributed by atoms with Gasteiger partial charge in [0.1, 0.15) is 16.4 Å². The third-order valence-corrected chi connectivity index (χ3v) is 5.92. The Labute approximate surface area is 173 Å². The van der Waals surface area contributed by atoms with Crippen LogP contribution in [0.5, 0.6) is 0 Å². The van der Waals surface area contributed by atoms with Gasteiger partial charge in [-0.25, -0.2) is 14.1 Å². The topological polar surface area (TPSA) is 63.1 Å². The lowest BCUT2D eigenvalue weighted by Crippen LogP contribution is -2.51. The van der Waals surface area contributed by atoms with E-state index in [4.69, 9.17) is 0 Å². The molecule has 0 aliphatic carbocycles. The summed E-state index contributed by atoms with van der Waals surface area (Å²) in [5.41, 5.74) is 1.41. The van der Waals surface area contributed by atoms with Crippen LogP contribution < -0.4 is 5.32 Å². The van der Waals surface area contributed by atoms with Crippen molar-refractivity contribution in [2.24, 2.45) is 0 Å². The Bertz CT molecular complexity index is 1000. The molecule has 1 amide bonds. The molecule has 1 saturated heterocycles. The van der Waals surface area contributed by atoms with Gasteiger partial charge in [0.15, 0.2) is 0 Å². The molecular formula is C21H24FN5OS. The Morgan fingerprint density at radius 3 is 2.76 bits per heavy atom. The van der Waals surface area contributed by atoms with E-state index in [-0.39, 0.29) is 5.91 Å². The van der Waals surface area contributed by atoms with Crippen molar-refractivity contribution in [3.05, 3.63) is 53.3 Å². The minimum Gasteiger partial charge on any atom is -0.334 e. The highest BCUT2D eigenvalue weighted by molar-refractivity contribution is 7.13. The van der Waals surface area contributed by atoms with E-state index >= 15 is 0 Å². The Kier molecular flexibility index (Phi) is 5.23. The molecule has 3 heterocycles. The van der Waals surface area contributed by atoms with Crippen LogP contribution in [0.3, 0.4) is 0 Å². The molecule has 0 radical (unpaired) electrons. The van der Waals surface area contributed by atoms with E-state index < -0.39 is 5.67 Å². The fourth-order valence-electron chi connectivity index (χ4n) is 3.37. The van der Waals surface area contributed by atoms with E-state index in [9.17, 15) is 9.18 Å². The maximum Gasteiger partial charge on any atom is 0.273 e. The molecule has 1 N–H and O–H groups in total. The number of hydrogen-bond donors (Lipinski definition) is 1. The number of thiazole rings is 1. The third-order valence-electron chi connectivity index (χ3n) is 5.03. The quantitative estimate of drug-likeness (QED) is 0.709. The smallest absolute Gasteiger partial charge is 0.273 e. The number of carbonyl (C=O) groups is 1. The molecule has 1 fully saturated rings. The van der Waals surface area contributed by atoms with Gasteiger partial charge >= 0.3 is 0 Å². The van der Waals surface area contributed by atoms with Crippen LogP contribution in [0.15, 0.2) is 42.0 Å². The molecule has 0 spiro atoms. The molecule has 6 nitrogen and oxygen atoms in total. The summed E-state index contributed by atoms with van der Waals surface area (Å²) in [6.45, 7) is 7.33. The molecule has 1 aromatic carbocycles. The average Bonchev–Trinajstić information content (AvgIpc) is 3.36. The summed E-state index contributed by atoms with van der Waals surface area (Å²) >= 11 is 1.43. The van der Waals surface area contributed by atoms with Crippen molar-refractivity contribution in [2.75, 3.05) is 19.6 Å². The van der Waals surface area contributed by atoms with E-state index in [0.29, 0.717) is 30.4 Å². The van der Waals surface area contributed by atoms with Gasteiger partial charge in [-0.15, -0.1) is 11.3 Å². The van der Waals surface area contributed by atoms with Crippen LogP contribution >= 0.6 is 11.3 Å². The third kappa shape index (κ3) is 4.23. The Hall–Kier alpha value is -2.58. The van der Waals surface area contributed by atoms with Crippen molar-refractivity contribution in [3.63, 3.8) is 0 Å². The van der Waals surface area contributed by atoms with E-state index in [1.54, 1.807) is 28.4 Å². The summed E-state index contributed by atoms with van der Waals surface area (Å²) in [6, 6.07) is 7.51. The fourth-order valence-corrected chi connectivity index (χ4v) is 4.14. The SMILES string of the molecule is C[C@H]1CN(C(=O)c2csc(-c3cnn(-c4ccc(C(C)(C)F)cc4)c3)n2)CCN1. The number of rotatable bonds is 4. The Balaban J connectivity index is 1.51. The van der Waals surface area contributed by atoms with Crippen LogP contribution in [0.1, 0.15) is 36.8 Å². The van der Waals surface area contributed by atoms with Crippen molar-refractivity contribution in [3.8, 4) is 16.3 Å². The van der Waals surface area contributed by atoms with Crippen molar-refractivity contribution >= 4 is 17.2 Å². The van der Waals surface area contributed by atoms with E-state index in [1.165, 1.54) is 25.2 Å². The molecule has 0 bridgehead atoms. The van der Waals surface area contributed by atoms with Gasteiger partial charge in [0.05, 0.1) is 11.9 Å². The summed E-state index contributed by atoms with van der Waals surface area (Å²) in [5.74, 6) is -0.0299. The van der Waals surface area contributed by atoms with Gasteiger partial charge in [0.2, 0.25) is 0 Å². The second-order valence-electron chi connectivity index (χ2n) is 7.84. The highest BCUT2D eigenvalue weighted by atomic mass is 32.1. The first-order valence-corrected chi connectivity index (χ1v) is 10.5. The Morgan fingerprint density at radius 1 is 1.31 bits per heavy atom. The van der Waals surface area contributed by atoms with Crippen molar-refractivity contribution in [1.29, 1.82) is 0 Å². The molecule has 0 saturated carbocycles. The summed E-state index contributed by atoms with van der Waals surface area (Å²) in [6.07, 6.45) is 3.60. The molecule has 29 heavy (non-hydrogen) atoms. The van der Waals surface area contributed by atoms with Gasteiger partial charge in [-0.3, -0.25) is 4.79 Å². The normalized spacial score (nSPS) is 17.5. The zero-order chi connectivity index (χ0) is 20.6. The molecule has 2 aromatic heterocycles. The van der Waals surface area contributed by atoms with Crippen LogP contribution in [-0.2, 0) is 5.67 Å². The lowest BCUT2D eigenvalue weighted by Gasteiger charge is -2.31. The fraction of sp³-hybridized carbons (Fsp3) is 0.381. The van der Waals surface area contributed by atoms with Crippen LogP contribution in [-0.4, -0.2) is 51.2 Å². The Morgan fingerprint density at radius 2 is 2.07 bits per heavy atom. The number of amides is 1. The number of halogens is 1. The summed E-state index contributed by atoms with van der Waals surface area (Å²) < 4.78 is 15.8. The lowest BCUT2D eigenvalue weighted by atomic mass is 10.0. The number of carbonyl (C=O) groups excluding carboxylic acids is 1. The second kappa shape index (κ2) is 7.68. The van der Waals surface area contributed by atoms with Gasteiger partial charge in [0, 0.05) is 42.8 Å². The maximum absolute atomic E-state index is 14.0. The summed E-state index contributed by atoms with van der Waals surface area (Å²) in [5, 5.41) is 10.3. The zero-order valence-electron chi connectivity index (χ0n) is 16.7. The van der Waals surface area contributed by atoms with E-state index in [0.717, 1.165) is 22.8 Å². The summed E-state index contributed by atoms with van der Waals surface area (Å²) in [4.78, 5) is 19.1. The van der Waals surface area contributed by atoms with E-state index in [2.05, 4.69) is 22.3 Å². The number of aromatic nitrogens is 3. The van der Waals surface area contributed by atoms with E-state index in [1.807, 2.05) is 23.2 Å². The number of piperazine rings is 1. The largest absolute Gasteiger partial charge is 0.334 e. The van der Waals surface area contributed by atoms with Crippen LogP contribution in [0.4, 0.5) is 4.39 Å². The van der Waals surface area contributed by atoms with Gasteiger partial charge in [-0.1, -0.05) is 12.1 Å². The molecule has 152 valence electrons. The predicted octanol–water partition coefficient (Wildman–Crippen LogP) is 3.63. The number of hydrogen-bond acceptors (Lipinski definition) is 5. The molecule has 1 aliphatic heterocycles. The average molecular weight is 414 g/mol. The molecule has 4 rings (SSSR count). The van der Waals surface area contributed by atoms with Gasteiger partial charge in [-0.2, -0.15) is 5.10 Å². The number of alkyl halides is 1. The first-order chi connectivity index (χ1) is 13.8. The highest BCUT2D eigenvalue weighted by Gasteiger charge is 2.24. The maximum atomic E-state index is 14.0. The summed E-state index contributed by atoms with van der Waals surface area (Å²) in [7, 11) is 0. The monoisotopic (exact) mass is 413 g/mol. The molecule has 1 aliphatic rings. The highest BCUT2D eigenvalue weighted by Crippen LogP contribution is 2.27. The van der Waals surface area contributed by atoms with Gasteiger partial charge in [-0.05, 0) is 38.5 Å². The minimum absolute atomic E-state index is 0.0299. The number of benzene rings is 1. The predicted molar refractivity (Wildman–Crippen MR) is 112 cm³/mol. The molecule has 1 atom stereocenters. The van der Waals surface area contributed by atoms with Gasteiger partial charge < -0.3 is 10.2 Å². The molecule has 0 unspecified atom stereocenters. The molecular weight excluding hydrogens is 389 g/mol. The number of nitrogens with zero attached hydrogens (tertiary/aromatic N) is 4. The van der Waals surface area contributed by atoms with Crippen LogP contribution in [0.2, 0.25) is 0 Å². The van der Waals surface area contributed by atoms with Crippen molar-refractivity contribution in [1.82, 2.24) is 25.0 Å². The molecule has 3 aromatic rings. The van der Waals surface area contributed by atoms with Crippen molar-refractivity contribution in [2.45, 2.75) is 32.5 Å². The standard InChI is InChI=1S/C21H24FN5OS/c1-14-11-26(9-8-23-14)20(28)18-13-29-19(25-18)15-10-24-27(12-15)17-6-4-16(5-7-17)21(2,3)22/h4-7,10,12-14,23H,8-9,11H2,1-3H3/t14-/m0/s1. The molecule has 8 heteroatoms. The minimum atomic E-state index is -1.38. The lowest BCUT2D eigenvalue weighted by molar-refractivity contribution is 0.0704. The van der Waals surface area contributed by atoms with Crippen LogP contribution in [0.25, 0.3) is 16.3 Å². The zero-order valence-corrected chi connectivity index (χ0v) is 17.5. The first kappa shape index (κ1) is 19.7. The van der Waals surface area contributed by atoms with Gasteiger partial charge in [0.25, 0.3) is 5.91 Å².